The largest absolute Gasteiger partial charge is 0.312 e. The maximum Gasteiger partial charge on any atom is 0.123 e. The van der Waals surface area contributed by atoms with E-state index in [2.05, 4.69) is 28.8 Å². The summed E-state index contributed by atoms with van der Waals surface area (Å²) in [7, 11) is 1.92. The molecule has 0 fully saturated rings. The molecule has 20 heavy (non-hydrogen) atoms. The molecule has 1 N–H and O–H groups in total. The Bertz CT molecular complexity index is 580. The van der Waals surface area contributed by atoms with E-state index in [4.69, 9.17) is 0 Å². The molecule has 0 bridgehead atoms. The standard InChI is InChI=1S/C15H20FN3S/c1-9(2)14-15(20-19-18-14)13(17-4)8-11-7-12(16)6-5-10(11)3/h5-7,9,13,17H,8H2,1-4H3. The Morgan fingerprint density at radius 3 is 2.75 bits per heavy atom. The molecule has 0 aliphatic heterocycles. The number of hydrogen-bond acceptors (Lipinski definition) is 4. The second-order valence-corrected chi connectivity index (χ2v) is 6.08. The van der Waals surface area contributed by atoms with E-state index in [1.807, 2.05) is 20.0 Å². The molecule has 0 aliphatic rings. The molecule has 0 saturated heterocycles. The molecule has 0 radical (unpaired) electrons. The van der Waals surface area contributed by atoms with E-state index in [0.717, 1.165) is 28.1 Å². The molecule has 1 heterocycles. The van der Waals surface area contributed by atoms with Gasteiger partial charge in [-0.15, -0.1) is 5.10 Å². The van der Waals surface area contributed by atoms with Gasteiger partial charge in [0.25, 0.3) is 0 Å². The Morgan fingerprint density at radius 2 is 2.10 bits per heavy atom. The summed E-state index contributed by atoms with van der Waals surface area (Å²) in [6.45, 7) is 6.23. The van der Waals surface area contributed by atoms with Gasteiger partial charge in [0.2, 0.25) is 0 Å². The molecule has 1 aromatic carbocycles. The molecule has 3 nitrogen and oxygen atoms in total. The van der Waals surface area contributed by atoms with Gasteiger partial charge in [-0.05, 0) is 61.1 Å². The summed E-state index contributed by atoms with van der Waals surface area (Å²) in [5.41, 5.74) is 3.16. The molecular weight excluding hydrogens is 273 g/mol. The first kappa shape index (κ1) is 15.1. The zero-order valence-electron chi connectivity index (χ0n) is 12.3. The molecule has 0 spiro atoms. The van der Waals surface area contributed by atoms with Crippen LogP contribution in [-0.4, -0.2) is 16.6 Å². The fraction of sp³-hybridized carbons (Fsp3) is 0.467. The van der Waals surface area contributed by atoms with Crippen molar-refractivity contribution in [1.29, 1.82) is 0 Å². The van der Waals surface area contributed by atoms with Crippen LogP contribution in [0.5, 0.6) is 0 Å². The molecule has 1 unspecified atom stereocenters. The Morgan fingerprint density at radius 1 is 1.35 bits per heavy atom. The number of aryl methyl sites for hydroxylation is 1. The first-order valence-electron chi connectivity index (χ1n) is 6.77. The van der Waals surface area contributed by atoms with Gasteiger partial charge in [-0.3, -0.25) is 0 Å². The average Bonchev–Trinajstić information content (AvgIpc) is 2.89. The summed E-state index contributed by atoms with van der Waals surface area (Å²) in [5, 5.41) is 7.52. The molecule has 0 amide bonds. The summed E-state index contributed by atoms with van der Waals surface area (Å²) >= 11 is 1.42. The maximum atomic E-state index is 13.4. The smallest absolute Gasteiger partial charge is 0.123 e. The highest BCUT2D eigenvalue weighted by Crippen LogP contribution is 2.29. The van der Waals surface area contributed by atoms with Crippen molar-refractivity contribution >= 4 is 11.5 Å². The highest BCUT2D eigenvalue weighted by molar-refractivity contribution is 7.05. The van der Waals surface area contributed by atoms with Crippen molar-refractivity contribution in [3.63, 3.8) is 0 Å². The molecule has 2 aromatic rings. The Kier molecular flexibility index (Phi) is 4.83. The van der Waals surface area contributed by atoms with Gasteiger partial charge in [0, 0.05) is 6.04 Å². The van der Waals surface area contributed by atoms with Crippen LogP contribution in [0.3, 0.4) is 0 Å². The van der Waals surface area contributed by atoms with E-state index in [9.17, 15) is 4.39 Å². The van der Waals surface area contributed by atoms with Gasteiger partial charge in [-0.1, -0.05) is 24.4 Å². The average molecular weight is 293 g/mol. The first-order valence-corrected chi connectivity index (χ1v) is 7.54. The van der Waals surface area contributed by atoms with Gasteiger partial charge in [-0.2, -0.15) is 0 Å². The van der Waals surface area contributed by atoms with Crippen molar-refractivity contribution in [2.24, 2.45) is 0 Å². The van der Waals surface area contributed by atoms with Crippen LogP contribution in [0.25, 0.3) is 0 Å². The van der Waals surface area contributed by atoms with Crippen molar-refractivity contribution in [2.75, 3.05) is 7.05 Å². The van der Waals surface area contributed by atoms with Crippen LogP contribution in [-0.2, 0) is 6.42 Å². The van der Waals surface area contributed by atoms with Crippen molar-refractivity contribution in [3.05, 3.63) is 45.7 Å². The lowest BCUT2D eigenvalue weighted by Crippen LogP contribution is -2.20. The number of likely N-dealkylation sites (N-methyl/N-ethyl adjacent to an activating group) is 1. The topological polar surface area (TPSA) is 37.8 Å². The van der Waals surface area contributed by atoms with Crippen molar-refractivity contribution in [2.45, 2.75) is 39.2 Å². The van der Waals surface area contributed by atoms with E-state index in [1.165, 1.54) is 17.6 Å². The number of hydrogen-bond donors (Lipinski definition) is 1. The summed E-state index contributed by atoms with van der Waals surface area (Å²) in [6, 6.07) is 5.06. The van der Waals surface area contributed by atoms with Gasteiger partial charge in [-0.25, -0.2) is 4.39 Å². The highest BCUT2D eigenvalue weighted by Gasteiger charge is 2.21. The highest BCUT2D eigenvalue weighted by atomic mass is 32.1. The quantitative estimate of drug-likeness (QED) is 0.915. The molecule has 108 valence electrons. The molecule has 0 saturated carbocycles. The van der Waals surface area contributed by atoms with E-state index in [1.54, 1.807) is 6.07 Å². The van der Waals surface area contributed by atoms with Gasteiger partial charge >= 0.3 is 0 Å². The van der Waals surface area contributed by atoms with Crippen molar-refractivity contribution in [3.8, 4) is 0 Å². The first-order chi connectivity index (χ1) is 9.52. The molecule has 1 aromatic heterocycles. The maximum absolute atomic E-state index is 13.4. The SMILES string of the molecule is CNC(Cc1cc(F)ccc1C)c1snnc1C(C)C. The minimum absolute atomic E-state index is 0.118. The van der Waals surface area contributed by atoms with E-state index in [0.29, 0.717) is 5.92 Å². The predicted molar refractivity (Wildman–Crippen MR) is 80.6 cm³/mol. The number of nitrogens with one attached hydrogen (secondary N) is 1. The van der Waals surface area contributed by atoms with Crippen LogP contribution in [0, 0.1) is 12.7 Å². The van der Waals surface area contributed by atoms with Crippen LogP contribution in [0.15, 0.2) is 18.2 Å². The zero-order valence-corrected chi connectivity index (χ0v) is 13.1. The minimum atomic E-state index is -0.188. The minimum Gasteiger partial charge on any atom is -0.312 e. The molecule has 5 heteroatoms. The van der Waals surface area contributed by atoms with Crippen molar-refractivity contribution in [1.82, 2.24) is 14.9 Å². The third kappa shape index (κ3) is 3.22. The predicted octanol–water partition coefficient (Wildman–Crippen LogP) is 3.61. The van der Waals surface area contributed by atoms with E-state index in [-0.39, 0.29) is 11.9 Å². The van der Waals surface area contributed by atoms with Crippen LogP contribution >= 0.6 is 11.5 Å². The van der Waals surface area contributed by atoms with Crippen LogP contribution < -0.4 is 5.32 Å². The monoisotopic (exact) mass is 293 g/mol. The number of halogens is 1. The van der Waals surface area contributed by atoms with Crippen LogP contribution in [0.1, 0.15) is 47.5 Å². The van der Waals surface area contributed by atoms with Gasteiger partial charge in [0.05, 0.1) is 10.6 Å². The van der Waals surface area contributed by atoms with Crippen LogP contribution in [0.2, 0.25) is 0 Å². The second kappa shape index (κ2) is 6.41. The molecule has 0 aliphatic carbocycles. The fourth-order valence-corrected chi connectivity index (χ4v) is 3.17. The second-order valence-electron chi connectivity index (χ2n) is 5.29. The Balaban J connectivity index is 2.29. The number of benzene rings is 1. The van der Waals surface area contributed by atoms with E-state index >= 15 is 0 Å². The lowest BCUT2D eigenvalue weighted by Gasteiger charge is -2.17. The van der Waals surface area contributed by atoms with Crippen molar-refractivity contribution < 1.29 is 4.39 Å². The lowest BCUT2D eigenvalue weighted by molar-refractivity contribution is 0.580. The lowest BCUT2D eigenvalue weighted by atomic mass is 9.97. The zero-order chi connectivity index (χ0) is 14.7. The third-order valence-corrected chi connectivity index (χ3v) is 4.34. The van der Waals surface area contributed by atoms with Gasteiger partial charge < -0.3 is 5.32 Å². The Hall–Kier alpha value is -1.33. The number of nitrogens with zero attached hydrogens (tertiary/aromatic N) is 2. The third-order valence-electron chi connectivity index (χ3n) is 3.49. The fourth-order valence-electron chi connectivity index (χ4n) is 2.25. The van der Waals surface area contributed by atoms with Gasteiger partial charge in [0.1, 0.15) is 5.82 Å². The van der Waals surface area contributed by atoms with E-state index < -0.39 is 0 Å². The summed E-state index contributed by atoms with van der Waals surface area (Å²) in [5.74, 6) is 0.153. The summed E-state index contributed by atoms with van der Waals surface area (Å²) in [4.78, 5) is 1.14. The molecular formula is C15H20FN3S. The number of aromatic nitrogens is 2. The van der Waals surface area contributed by atoms with Crippen LogP contribution in [0.4, 0.5) is 4.39 Å². The number of rotatable bonds is 5. The van der Waals surface area contributed by atoms with Gasteiger partial charge in [0.15, 0.2) is 0 Å². The summed E-state index contributed by atoms with van der Waals surface area (Å²) in [6.07, 6.45) is 0.740. The normalized spacial score (nSPS) is 12.9. The Labute approximate surface area is 123 Å². The molecule has 1 atom stereocenters. The molecule has 2 rings (SSSR count). The summed E-state index contributed by atoms with van der Waals surface area (Å²) < 4.78 is 17.5.